The van der Waals surface area contributed by atoms with Crippen molar-refractivity contribution < 1.29 is 14.3 Å². The predicted octanol–water partition coefficient (Wildman–Crippen LogP) is 2.14. The number of benzene rings is 2. The first-order valence-electron chi connectivity index (χ1n) is 9.77. The van der Waals surface area contributed by atoms with Crippen molar-refractivity contribution in [1.82, 2.24) is 5.32 Å². The highest BCUT2D eigenvalue weighted by atomic mass is 16.5. The Hall–Kier alpha value is -2.70. The molecule has 2 amide bonds. The highest BCUT2D eigenvalue weighted by Crippen LogP contribution is 2.28. The van der Waals surface area contributed by atoms with Gasteiger partial charge in [0.05, 0.1) is 19.6 Å². The van der Waals surface area contributed by atoms with E-state index in [1.54, 1.807) is 0 Å². The minimum atomic E-state index is -0.0412. The van der Waals surface area contributed by atoms with Gasteiger partial charge in [-0.25, -0.2) is 0 Å². The number of ether oxygens (including phenoxy) is 1. The Balaban J connectivity index is 1.31. The molecule has 146 valence electrons. The van der Waals surface area contributed by atoms with Gasteiger partial charge in [-0.05, 0) is 35.7 Å². The summed E-state index contributed by atoms with van der Waals surface area (Å²) in [5, 5.41) is 6.18. The van der Waals surface area contributed by atoms with Gasteiger partial charge in [-0.1, -0.05) is 30.3 Å². The first-order chi connectivity index (χ1) is 13.7. The van der Waals surface area contributed by atoms with E-state index in [1.165, 1.54) is 5.56 Å². The van der Waals surface area contributed by atoms with Crippen LogP contribution in [0, 0.1) is 0 Å². The van der Waals surface area contributed by atoms with Gasteiger partial charge in [0.25, 0.3) is 0 Å². The lowest BCUT2D eigenvalue weighted by atomic mass is 10.1. The summed E-state index contributed by atoms with van der Waals surface area (Å²) < 4.78 is 5.37. The largest absolute Gasteiger partial charge is 0.378 e. The summed E-state index contributed by atoms with van der Waals surface area (Å²) in [6, 6.07) is 15.6. The minimum Gasteiger partial charge on any atom is -0.378 e. The van der Waals surface area contributed by atoms with E-state index >= 15 is 0 Å². The lowest BCUT2D eigenvalue weighted by Gasteiger charge is -2.23. The summed E-state index contributed by atoms with van der Waals surface area (Å²) in [6.07, 6.45) is 1.65. The first-order valence-corrected chi connectivity index (χ1v) is 9.77. The van der Waals surface area contributed by atoms with Gasteiger partial charge in [-0.2, -0.15) is 0 Å². The van der Waals surface area contributed by atoms with Gasteiger partial charge < -0.3 is 20.3 Å². The summed E-state index contributed by atoms with van der Waals surface area (Å²) in [5.41, 5.74) is 3.93. The molecule has 2 aromatic rings. The van der Waals surface area contributed by atoms with Crippen molar-refractivity contribution in [1.29, 1.82) is 0 Å². The second-order valence-corrected chi connectivity index (χ2v) is 7.28. The van der Waals surface area contributed by atoms with Gasteiger partial charge in [0.1, 0.15) is 0 Å². The quantitative estimate of drug-likeness (QED) is 0.835. The molecule has 6 nitrogen and oxygen atoms in total. The number of morpholine rings is 1. The monoisotopic (exact) mass is 379 g/mol. The summed E-state index contributed by atoms with van der Waals surface area (Å²) in [4.78, 5) is 26.7. The fourth-order valence-corrected chi connectivity index (χ4v) is 3.76. The van der Waals surface area contributed by atoms with Crippen LogP contribution in [0.1, 0.15) is 17.5 Å². The Morgan fingerprint density at radius 1 is 1.14 bits per heavy atom. The van der Waals surface area contributed by atoms with Crippen molar-refractivity contribution in [3.63, 3.8) is 0 Å². The Kier molecular flexibility index (Phi) is 5.69. The zero-order valence-corrected chi connectivity index (χ0v) is 15.8. The number of amides is 2. The Bertz CT molecular complexity index is 844. The number of carbonyl (C=O) groups is 2. The fraction of sp³-hybridized carbons (Fsp3) is 0.364. The number of hydrogen-bond donors (Lipinski definition) is 2. The smallest absolute Gasteiger partial charge is 0.231 e. The van der Waals surface area contributed by atoms with E-state index in [0.717, 1.165) is 36.4 Å². The maximum Gasteiger partial charge on any atom is 0.231 e. The van der Waals surface area contributed by atoms with Crippen LogP contribution in [0.15, 0.2) is 48.5 Å². The Morgan fingerprint density at radius 2 is 1.96 bits per heavy atom. The minimum absolute atomic E-state index is 0.0412. The second kappa shape index (κ2) is 8.54. The molecule has 0 saturated carbocycles. The molecule has 1 fully saturated rings. The van der Waals surface area contributed by atoms with E-state index in [1.807, 2.05) is 47.4 Å². The molecular weight excluding hydrogens is 354 g/mol. The Morgan fingerprint density at radius 3 is 2.75 bits per heavy atom. The van der Waals surface area contributed by atoms with Crippen LogP contribution in [0.3, 0.4) is 0 Å². The highest BCUT2D eigenvalue weighted by Gasteiger charge is 2.24. The van der Waals surface area contributed by atoms with E-state index in [4.69, 9.17) is 4.74 Å². The van der Waals surface area contributed by atoms with Crippen molar-refractivity contribution >= 4 is 23.2 Å². The molecule has 2 N–H and O–H groups in total. The molecule has 28 heavy (non-hydrogen) atoms. The average molecular weight is 379 g/mol. The predicted molar refractivity (Wildman–Crippen MR) is 109 cm³/mol. The fourth-order valence-electron chi connectivity index (χ4n) is 3.76. The third kappa shape index (κ3) is 4.40. The molecule has 1 atom stereocenters. The van der Waals surface area contributed by atoms with Crippen LogP contribution in [0.25, 0.3) is 0 Å². The van der Waals surface area contributed by atoms with Crippen LogP contribution in [0.4, 0.5) is 11.4 Å². The van der Waals surface area contributed by atoms with Gasteiger partial charge in [-0.15, -0.1) is 0 Å². The Labute approximate surface area is 164 Å². The molecule has 0 aliphatic carbocycles. The van der Waals surface area contributed by atoms with Gasteiger partial charge in [0.15, 0.2) is 0 Å². The standard InChI is InChI=1S/C22H25N3O3/c26-21(14-19-15-28-12-10-23-19)24-18-7-5-16(6-8-18)13-22(27)25-11-9-17-3-1-2-4-20(17)25/h1-8,19,23H,9-15H2,(H,24,26). The summed E-state index contributed by atoms with van der Waals surface area (Å²) in [5.74, 6) is 0.0607. The molecule has 2 aliphatic rings. The van der Waals surface area contributed by atoms with Crippen LogP contribution in [-0.2, 0) is 27.2 Å². The topological polar surface area (TPSA) is 70.7 Å². The SMILES string of the molecule is O=C(CC1COCCN1)Nc1ccc(CC(=O)N2CCc3ccccc32)cc1. The molecule has 1 saturated heterocycles. The zero-order valence-electron chi connectivity index (χ0n) is 15.8. The lowest BCUT2D eigenvalue weighted by Crippen LogP contribution is -2.43. The van der Waals surface area contributed by atoms with Crippen LogP contribution in [-0.4, -0.2) is 44.2 Å². The van der Waals surface area contributed by atoms with Crippen molar-refractivity contribution in [3.8, 4) is 0 Å². The summed E-state index contributed by atoms with van der Waals surface area (Å²) in [6.45, 7) is 2.78. The van der Waals surface area contributed by atoms with Crippen molar-refractivity contribution in [2.75, 3.05) is 36.5 Å². The average Bonchev–Trinajstić information content (AvgIpc) is 3.14. The maximum atomic E-state index is 12.7. The number of hydrogen-bond acceptors (Lipinski definition) is 4. The van der Waals surface area contributed by atoms with Gasteiger partial charge >= 0.3 is 0 Å². The van der Waals surface area contributed by atoms with Crippen LogP contribution < -0.4 is 15.5 Å². The molecule has 0 aromatic heterocycles. The highest BCUT2D eigenvalue weighted by molar-refractivity contribution is 5.97. The number of fused-ring (bicyclic) bond motifs is 1. The van der Waals surface area contributed by atoms with Gasteiger partial charge in [-0.3, -0.25) is 9.59 Å². The summed E-state index contributed by atoms with van der Waals surface area (Å²) in [7, 11) is 0. The van der Waals surface area contributed by atoms with Crippen molar-refractivity contribution in [2.45, 2.75) is 25.3 Å². The number of rotatable bonds is 5. The van der Waals surface area contributed by atoms with Gasteiger partial charge in [0.2, 0.25) is 11.8 Å². The normalized spacial score (nSPS) is 18.6. The van der Waals surface area contributed by atoms with Crippen LogP contribution in [0.5, 0.6) is 0 Å². The zero-order chi connectivity index (χ0) is 19.3. The van der Waals surface area contributed by atoms with E-state index in [-0.39, 0.29) is 17.9 Å². The molecule has 0 radical (unpaired) electrons. The molecule has 2 aliphatic heterocycles. The van der Waals surface area contributed by atoms with Crippen LogP contribution in [0.2, 0.25) is 0 Å². The van der Waals surface area contributed by atoms with Crippen LogP contribution >= 0.6 is 0 Å². The van der Waals surface area contributed by atoms with Crippen molar-refractivity contribution in [2.24, 2.45) is 0 Å². The molecular formula is C22H25N3O3. The molecule has 0 spiro atoms. The number of nitrogens with one attached hydrogen (secondary N) is 2. The maximum absolute atomic E-state index is 12.7. The number of carbonyl (C=O) groups excluding carboxylic acids is 2. The number of anilines is 2. The lowest BCUT2D eigenvalue weighted by molar-refractivity contribution is -0.118. The number of nitrogens with zero attached hydrogens (tertiary/aromatic N) is 1. The summed E-state index contributed by atoms with van der Waals surface area (Å²) >= 11 is 0. The molecule has 2 aromatic carbocycles. The molecule has 0 bridgehead atoms. The second-order valence-electron chi connectivity index (χ2n) is 7.28. The van der Waals surface area contributed by atoms with Crippen molar-refractivity contribution in [3.05, 3.63) is 59.7 Å². The molecule has 4 rings (SSSR count). The third-order valence-corrected chi connectivity index (χ3v) is 5.21. The van der Waals surface area contributed by atoms with E-state index in [9.17, 15) is 9.59 Å². The molecule has 1 unspecified atom stereocenters. The van der Waals surface area contributed by atoms with E-state index in [0.29, 0.717) is 26.1 Å². The third-order valence-electron chi connectivity index (χ3n) is 5.21. The molecule has 2 heterocycles. The first kappa shape index (κ1) is 18.7. The van der Waals surface area contributed by atoms with Gasteiger partial charge in [0, 0.05) is 36.9 Å². The molecule has 6 heteroatoms. The number of para-hydroxylation sites is 1. The van der Waals surface area contributed by atoms with E-state index in [2.05, 4.69) is 16.7 Å². The van der Waals surface area contributed by atoms with E-state index < -0.39 is 0 Å².